The maximum absolute atomic E-state index is 13.3. The third kappa shape index (κ3) is 4.70. The van der Waals surface area contributed by atoms with Gasteiger partial charge in [0.05, 0.1) is 5.92 Å². The highest BCUT2D eigenvalue weighted by Gasteiger charge is 2.29. The summed E-state index contributed by atoms with van der Waals surface area (Å²) < 4.78 is 0. The van der Waals surface area contributed by atoms with Crippen LogP contribution in [0.15, 0.2) is 54.9 Å². The molecule has 3 rings (SSSR count). The van der Waals surface area contributed by atoms with Gasteiger partial charge in [-0.3, -0.25) is 14.7 Å². The largest absolute Gasteiger partial charge is 0.341 e. The van der Waals surface area contributed by atoms with E-state index in [1.165, 1.54) is 5.56 Å². The van der Waals surface area contributed by atoms with Crippen molar-refractivity contribution in [1.82, 2.24) is 14.8 Å². The van der Waals surface area contributed by atoms with Crippen LogP contribution in [0.5, 0.6) is 0 Å². The topological polar surface area (TPSA) is 36.4 Å². The molecule has 4 heteroatoms. The molecule has 0 unspecified atom stereocenters. The minimum atomic E-state index is -0.0546. The van der Waals surface area contributed by atoms with E-state index in [4.69, 9.17) is 0 Å². The number of aromatic nitrogens is 1. The van der Waals surface area contributed by atoms with Gasteiger partial charge in [0, 0.05) is 45.1 Å². The molecule has 1 aliphatic heterocycles. The summed E-state index contributed by atoms with van der Waals surface area (Å²) in [5, 5.41) is 0. The summed E-state index contributed by atoms with van der Waals surface area (Å²) in [6.07, 6.45) is 4.76. The SMILES string of the molecule is CC(C)[C@@H](C(=O)N1CCCN(Cc2cccnc2)CC1)c1ccccc1. The second-order valence-electron chi connectivity index (χ2n) is 7.45. The van der Waals surface area contributed by atoms with Crippen molar-refractivity contribution in [3.05, 3.63) is 66.0 Å². The summed E-state index contributed by atoms with van der Waals surface area (Å²) in [6, 6.07) is 14.3. The van der Waals surface area contributed by atoms with Crippen molar-refractivity contribution in [3.63, 3.8) is 0 Å². The summed E-state index contributed by atoms with van der Waals surface area (Å²) in [5.41, 5.74) is 2.36. The number of carbonyl (C=O) groups is 1. The second kappa shape index (κ2) is 8.95. The second-order valence-corrected chi connectivity index (χ2v) is 7.45. The van der Waals surface area contributed by atoms with Crippen molar-refractivity contribution in [1.29, 1.82) is 0 Å². The fourth-order valence-electron chi connectivity index (χ4n) is 3.77. The molecule has 0 bridgehead atoms. The smallest absolute Gasteiger partial charge is 0.230 e. The first kappa shape index (κ1) is 18.6. The molecule has 1 fully saturated rings. The Morgan fingerprint density at radius 2 is 1.85 bits per heavy atom. The van der Waals surface area contributed by atoms with Gasteiger partial charge in [0.1, 0.15) is 0 Å². The molecule has 1 saturated heterocycles. The third-order valence-electron chi connectivity index (χ3n) is 5.12. The number of hydrogen-bond donors (Lipinski definition) is 0. The third-order valence-corrected chi connectivity index (χ3v) is 5.12. The molecule has 138 valence electrons. The van der Waals surface area contributed by atoms with Crippen molar-refractivity contribution in [2.75, 3.05) is 26.2 Å². The Kier molecular flexibility index (Phi) is 6.40. The van der Waals surface area contributed by atoms with Gasteiger partial charge in [-0.1, -0.05) is 50.2 Å². The molecule has 0 spiro atoms. The maximum atomic E-state index is 13.3. The number of pyridine rings is 1. The summed E-state index contributed by atoms with van der Waals surface area (Å²) in [5.74, 6) is 0.509. The van der Waals surface area contributed by atoms with Gasteiger partial charge in [-0.2, -0.15) is 0 Å². The van der Waals surface area contributed by atoms with Gasteiger partial charge in [-0.25, -0.2) is 0 Å². The maximum Gasteiger partial charge on any atom is 0.230 e. The molecule has 2 heterocycles. The van der Waals surface area contributed by atoms with E-state index in [2.05, 4.69) is 46.8 Å². The van der Waals surface area contributed by atoms with Crippen LogP contribution in [0.2, 0.25) is 0 Å². The van der Waals surface area contributed by atoms with E-state index < -0.39 is 0 Å². The van der Waals surface area contributed by atoms with Crippen LogP contribution >= 0.6 is 0 Å². The Morgan fingerprint density at radius 3 is 2.54 bits per heavy atom. The Labute approximate surface area is 156 Å². The van der Waals surface area contributed by atoms with Gasteiger partial charge in [-0.05, 0) is 29.5 Å². The molecule has 0 N–H and O–H groups in total. The van der Waals surface area contributed by atoms with Crippen molar-refractivity contribution in [2.24, 2.45) is 5.92 Å². The minimum absolute atomic E-state index is 0.0546. The molecule has 1 aromatic heterocycles. The molecule has 1 amide bonds. The lowest BCUT2D eigenvalue weighted by atomic mass is 9.87. The Hall–Kier alpha value is -2.20. The van der Waals surface area contributed by atoms with Crippen LogP contribution in [-0.4, -0.2) is 46.9 Å². The fourth-order valence-corrected chi connectivity index (χ4v) is 3.77. The fraction of sp³-hybridized carbons (Fsp3) is 0.455. The molecule has 0 saturated carbocycles. The molecule has 1 aromatic carbocycles. The van der Waals surface area contributed by atoms with Gasteiger partial charge in [0.25, 0.3) is 0 Å². The molecule has 1 atom stereocenters. The van der Waals surface area contributed by atoms with Crippen LogP contribution < -0.4 is 0 Å². The van der Waals surface area contributed by atoms with Crippen LogP contribution in [0.4, 0.5) is 0 Å². The summed E-state index contributed by atoms with van der Waals surface area (Å²) >= 11 is 0. The van der Waals surface area contributed by atoms with Gasteiger partial charge in [0.2, 0.25) is 5.91 Å². The van der Waals surface area contributed by atoms with Crippen LogP contribution in [0, 0.1) is 5.92 Å². The molecular formula is C22H29N3O. The molecular weight excluding hydrogens is 322 g/mol. The van der Waals surface area contributed by atoms with E-state index in [-0.39, 0.29) is 11.8 Å². The molecule has 26 heavy (non-hydrogen) atoms. The lowest BCUT2D eigenvalue weighted by molar-refractivity contribution is -0.133. The van der Waals surface area contributed by atoms with Gasteiger partial charge >= 0.3 is 0 Å². The Morgan fingerprint density at radius 1 is 1.04 bits per heavy atom. The standard InChI is InChI=1S/C22H29N3O/c1-18(2)21(20-9-4-3-5-10-20)22(26)25-13-7-12-24(14-15-25)17-19-8-6-11-23-16-19/h3-6,8-11,16,18,21H,7,12-15,17H2,1-2H3/t21-/m1/s1. The normalized spacial score (nSPS) is 17.1. The molecule has 0 aliphatic carbocycles. The van der Waals surface area contributed by atoms with Crippen LogP contribution in [0.1, 0.15) is 37.3 Å². The van der Waals surface area contributed by atoms with E-state index >= 15 is 0 Å². The van der Waals surface area contributed by atoms with Gasteiger partial charge < -0.3 is 4.90 Å². The molecule has 1 aliphatic rings. The van der Waals surface area contributed by atoms with Crippen LogP contribution in [0.25, 0.3) is 0 Å². The van der Waals surface area contributed by atoms with Crippen molar-refractivity contribution in [3.8, 4) is 0 Å². The predicted octanol–water partition coefficient (Wildman–Crippen LogP) is 3.56. The predicted molar refractivity (Wildman–Crippen MR) is 105 cm³/mol. The number of benzene rings is 1. The first-order valence-electron chi connectivity index (χ1n) is 9.60. The number of hydrogen-bond acceptors (Lipinski definition) is 3. The lowest BCUT2D eigenvalue weighted by Gasteiger charge is -2.29. The average molecular weight is 351 g/mol. The number of amides is 1. The van der Waals surface area contributed by atoms with Gasteiger partial charge in [-0.15, -0.1) is 0 Å². The number of rotatable bonds is 5. The Bertz CT molecular complexity index is 687. The summed E-state index contributed by atoms with van der Waals surface area (Å²) in [4.78, 5) is 22.0. The van der Waals surface area contributed by atoms with Crippen LogP contribution in [-0.2, 0) is 11.3 Å². The van der Waals surface area contributed by atoms with Crippen molar-refractivity contribution < 1.29 is 4.79 Å². The highest BCUT2D eigenvalue weighted by molar-refractivity contribution is 5.84. The molecule has 4 nitrogen and oxygen atoms in total. The lowest BCUT2D eigenvalue weighted by Crippen LogP contribution is -2.39. The van der Waals surface area contributed by atoms with Crippen LogP contribution in [0.3, 0.4) is 0 Å². The van der Waals surface area contributed by atoms with E-state index in [9.17, 15) is 4.79 Å². The van der Waals surface area contributed by atoms with Crippen molar-refractivity contribution in [2.45, 2.75) is 32.7 Å². The average Bonchev–Trinajstić information content (AvgIpc) is 2.89. The van der Waals surface area contributed by atoms with E-state index in [1.807, 2.05) is 36.7 Å². The zero-order valence-corrected chi connectivity index (χ0v) is 15.8. The molecule has 0 radical (unpaired) electrons. The highest BCUT2D eigenvalue weighted by Crippen LogP contribution is 2.27. The highest BCUT2D eigenvalue weighted by atomic mass is 16.2. The number of nitrogens with zero attached hydrogens (tertiary/aromatic N) is 3. The number of carbonyl (C=O) groups excluding carboxylic acids is 1. The molecule has 2 aromatic rings. The van der Waals surface area contributed by atoms with E-state index in [0.29, 0.717) is 5.92 Å². The summed E-state index contributed by atoms with van der Waals surface area (Å²) in [7, 11) is 0. The van der Waals surface area contributed by atoms with E-state index in [0.717, 1.165) is 44.7 Å². The zero-order valence-electron chi connectivity index (χ0n) is 15.8. The quantitative estimate of drug-likeness (QED) is 0.826. The Balaban J connectivity index is 1.65. The first-order valence-corrected chi connectivity index (χ1v) is 9.60. The zero-order chi connectivity index (χ0) is 18.4. The minimum Gasteiger partial charge on any atom is -0.341 e. The first-order chi connectivity index (χ1) is 12.6. The summed E-state index contributed by atoms with van der Waals surface area (Å²) in [6.45, 7) is 8.77. The monoisotopic (exact) mass is 351 g/mol. The van der Waals surface area contributed by atoms with Gasteiger partial charge in [0.15, 0.2) is 0 Å². The van der Waals surface area contributed by atoms with E-state index in [1.54, 1.807) is 0 Å². The van der Waals surface area contributed by atoms with Crippen molar-refractivity contribution >= 4 is 5.91 Å².